The fourth-order valence-corrected chi connectivity index (χ4v) is 2.92. The van der Waals surface area contributed by atoms with Gasteiger partial charge in [-0.1, -0.05) is 67.4 Å². The predicted molar refractivity (Wildman–Crippen MR) is 117 cm³/mol. The second-order valence-electron chi connectivity index (χ2n) is 5.62. The zero-order valence-corrected chi connectivity index (χ0v) is 17.6. The van der Waals surface area contributed by atoms with Gasteiger partial charge in [0, 0.05) is 23.6 Å². The van der Waals surface area contributed by atoms with Crippen LogP contribution in [0, 0.1) is 0 Å². The van der Waals surface area contributed by atoms with E-state index in [2.05, 4.69) is 17.4 Å². The lowest BCUT2D eigenvalue weighted by atomic mass is 10.1. The molecule has 4 N–H and O–H groups in total. The minimum atomic E-state index is 0. The molecule has 0 bridgehead atoms. The second-order valence-corrected chi connectivity index (χ2v) is 6.79. The minimum absolute atomic E-state index is 0. The maximum Gasteiger partial charge on any atom is 0.220 e. The van der Waals surface area contributed by atoms with Gasteiger partial charge in [-0.05, 0) is 31.5 Å². The van der Waals surface area contributed by atoms with Crippen LogP contribution in [0.2, 0.25) is 0 Å². The summed E-state index contributed by atoms with van der Waals surface area (Å²) >= 11 is 1.77. The highest BCUT2D eigenvalue weighted by atomic mass is 32.2. The van der Waals surface area contributed by atoms with Crippen LogP contribution < -0.4 is 16.2 Å². The highest BCUT2D eigenvalue weighted by molar-refractivity contribution is 7.99. The molecule has 1 amide bonds. The third-order valence-corrected chi connectivity index (χ3v) is 4.47. The number of hydrogen-bond acceptors (Lipinski definition) is 5. The fourth-order valence-electron chi connectivity index (χ4n) is 2.13. The number of thioether (sulfide) groups is 1. The Morgan fingerprint density at radius 1 is 0.893 bits per heavy atom. The average molecular weight is 407 g/mol. The fraction of sp³-hybridized carbons (Fsp3) is 0.409. The largest absolute Gasteiger partial charge is 0.870 e. The molecule has 2 aromatic carbocycles. The van der Waals surface area contributed by atoms with Gasteiger partial charge in [0.15, 0.2) is 0 Å². The number of nitrogens with two attached hydrogens (primary N) is 1. The third kappa shape index (κ3) is 18.9. The number of nitrogens with one attached hydrogen (secondary N) is 1. The molecular formula is C22H34N2O3S-2. The van der Waals surface area contributed by atoms with E-state index in [0.717, 1.165) is 51.6 Å². The molecule has 0 saturated carbocycles. The van der Waals surface area contributed by atoms with Crippen LogP contribution in [0.1, 0.15) is 32.1 Å². The summed E-state index contributed by atoms with van der Waals surface area (Å²) in [6.45, 7) is 1.49. The Bertz CT molecular complexity index is 515. The van der Waals surface area contributed by atoms with Crippen LogP contribution in [0.25, 0.3) is 0 Å². The highest BCUT2D eigenvalue weighted by Gasteiger charge is 2.00. The summed E-state index contributed by atoms with van der Waals surface area (Å²) in [5.74, 6) is 1.09. The van der Waals surface area contributed by atoms with E-state index in [-0.39, 0.29) is 11.4 Å². The molecule has 5 nitrogen and oxygen atoms in total. The Balaban J connectivity index is 0. The summed E-state index contributed by atoms with van der Waals surface area (Å²) in [6.07, 6.45) is 4.91. The Hall–Kier alpha value is -1.86. The van der Waals surface area contributed by atoms with Crippen LogP contribution in [0.15, 0.2) is 71.6 Å². The summed E-state index contributed by atoms with van der Waals surface area (Å²) in [5, 5.41) is 11.2. The number of carbonyl (C=O) groups is 1. The van der Waals surface area contributed by atoms with Gasteiger partial charge < -0.3 is 21.6 Å². The number of benzene rings is 2. The molecule has 0 aromatic heterocycles. The third-order valence-electron chi connectivity index (χ3n) is 3.46. The van der Waals surface area contributed by atoms with Crippen LogP contribution in [0.4, 0.5) is 0 Å². The summed E-state index contributed by atoms with van der Waals surface area (Å²) in [5.41, 5.74) is 5.42. The van der Waals surface area contributed by atoms with E-state index < -0.39 is 0 Å². The van der Waals surface area contributed by atoms with Crippen molar-refractivity contribution in [2.45, 2.75) is 37.0 Å². The Morgan fingerprint density at radius 2 is 1.39 bits per heavy atom. The second kappa shape index (κ2) is 23.2. The molecule has 6 heteroatoms. The Morgan fingerprint density at radius 3 is 1.93 bits per heavy atom. The van der Waals surface area contributed by atoms with E-state index in [0.29, 0.717) is 6.42 Å². The zero-order chi connectivity index (χ0) is 20.0. The first-order chi connectivity index (χ1) is 13.3. The number of amides is 1. The molecule has 158 valence electrons. The maximum atomic E-state index is 11.5. The van der Waals surface area contributed by atoms with Crippen molar-refractivity contribution in [2.24, 2.45) is 5.73 Å². The molecule has 0 spiro atoms. The first kappa shape index (κ1) is 28.4. The highest BCUT2D eigenvalue weighted by Crippen LogP contribution is 2.15. The van der Waals surface area contributed by atoms with E-state index in [4.69, 9.17) is 10.8 Å². The number of carbonyl (C=O) groups excluding carboxylic acids is 1. The SMILES string of the molecule is C[O-].NCCCCCCC(=O)NCCSc1ccccc1.[OH-].c1ccccc1. The van der Waals surface area contributed by atoms with Crippen LogP contribution in [0.5, 0.6) is 0 Å². The van der Waals surface area contributed by atoms with Crippen molar-refractivity contribution in [3.8, 4) is 0 Å². The molecule has 0 saturated heterocycles. The van der Waals surface area contributed by atoms with Gasteiger partial charge in [-0.2, -0.15) is 7.11 Å². The predicted octanol–water partition coefficient (Wildman–Crippen LogP) is 3.29. The summed E-state index contributed by atoms with van der Waals surface area (Å²) in [7, 11) is 0.750. The van der Waals surface area contributed by atoms with Crippen LogP contribution in [-0.2, 0) is 4.79 Å². The topological polar surface area (TPSA) is 108 Å². The molecule has 0 aliphatic rings. The summed E-state index contributed by atoms with van der Waals surface area (Å²) < 4.78 is 0. The van der Waals surface area contributed by atoms with E-state index in [1.807, 2.05) is 54.6 Å². The van der Waals surface area contributed by atoms with Gasteiger partial charge in [0.05, 0.1) is 0 Å². The van der Waals surface area contributed by atoms with Crippen molar-refractivity contribution in [1.29, 1.82) is 0 Å². The molecule has 0 heterocycles. The molecule has 0 unspecified atom stereocenters. The van der Waals surface area contributed by atoms with E-state index in [1.165, 1.54) is 4.90 Å². The monoisotopic (exact) mass is 406 g/mol. The molecular weight excluding hydrogens is 372 g/mol. The van der Waals surface area contributed by atoms with Gasteiger partial charge in [0.1, 0.15) is 0 Å². The van der Waals surface area contributed by atoms with E-state index >= 15 is 0 Å². The van der Waals surface area contributed by atoms with Crippen molar-refractivity contribution >= 4 is 17.7 Å². The molecule has 0 aliphatic heterocycles. The smallest absolute Gasteiger partial charge is 0.220 e. The molecule has 2 aromatic rings. The Kier molecular flexibility index (Phi) is 23.5. The molecule has 2 rings (SSSR count). The lowest BCUT2D eigenvalue weighted by Crippen LogP contribution is -2.25. The van der Waals surface area contributed by atoms with Gasteiger partial charge in [-0.25, -0.2) is 0 Å². The van der Waals surface area contributed by atoms with Crippen molar-refractivity contribution in [2.75, 3.05) is 26.0 Å². The first-order valence-electron chi connectivity index (χ1n) is 9.38. The Labute approximate surface area is 174 Å². The van der Waals surface area contributed by atoms with Gasteiger partial charge in [-0.3, -0.25) is 4.79 Å². The summed E-state index contributed by atoms with van der Waals surface area (Å²) in [4.78, 5) is 12.8. The van der Waals surface area contributed by atoms with E-state index in [1.54, 1.807) is 11.8 Å². The van der Waals surface area contributed by atoms with Crippen LogP contribution in [0.3, 0.4) is 0 Å². The first-order valence-corrected chi connectivity index (χ1v) is 10.4. The summed E-state index contributed by atoms with van der Waals surface area (Å²) in [6, 6.07) is 22.2. The zero-order valence-electron chi connectivity index (χ0n) is 16.8. The molecule has 0 fully saturated rings. The maximum absolute atomic E-state index is 11.5. The van der Waals surface area contributed by atoms with Crippen molar-refractivity contribution in [3.05, 3.63) is 66.7 Å². The van der Waals surface area contributed by atoms with Gasteiger partial charge >= 0.3 is 0 Å². The van der Waals surface area contributed by atoms with Gasteiger partial charge in [0.25, 0.3) is 0 Å². The minimum Gasteiger partial charge on any atom is -0.870 e. The van der Waals surface area contributed by atoms with Gasteiger partial charge in [-0.15, -0.1) is 11.8 Å². The molecule has 0 aliphatic carbocycles. The standard InChI is InChI=1S/C15H24N2OS.C6H6.CH3O.H2O/c16-11-7-2-1-6-10-15(18)17-12-13-19-14-8-4-3-5-9-14;1-2-4-6-5-3-1;1-2;/h3-5,8-9H,1-2,6-7,10-13,16H2,(H,17,18);1-6H;1H3;1H2/q;;-1;/p-1. The molecule has 0 radical (unpaired) electrons. The molecule has 28 heavy (non-hydrogen) atoms. The van der Waals surface area contributed by atoms with Crippen LogP contribution >= 0.6 is 11.8 Å². The van der Waals surface area contributed by atoms with Crippen molar-refractivity contribution in [3.63, 3.8) is 0 Å². The lowest BCUT2D eigenvalue weighted by Gasteiger charge is -2.05. The van der Waals surface area contributed by atoms with Crippen molar-refractivity contribution in [1.82, 2.24) is 5.32 Å². The lowest BCUT2D eigenvalue weighted by molar-refractivity contribution is -0.325. The average Bonchev–Trinajstić information content (AvgIpc) is 2.75. The van der Waals surface area contributed by atoms with Crippen LogP contribution in [-0.4, -0.2) is 37.3 Å². The number of rotatable bonds is 10. The normalized spacial score (nSPS) is 8.96. The van der Waals surface area contributed by atoms with E-state index in [9.17, 15) is 4.79 Å². The quantitative estimate of drug-likeness (QED) is 0.465. The van der Waals surface area contributed by atoms with Gasteiger partial charge in [0.2, 0.25) is 5.91 Å². The van der Waals surface area contributed by atoms with Crippen molar-refractivity contribution < 1.29 is 15.4 Å². The number of hydrogen-bond donors (Lipinski definition) is 2. The number of unbranched alkanes of at least 4 members (excludes halogenated alkanes) is 3. The molecule has 0 atom stereocenters.